The van der Waals surface area contributed by atoms with Crippen LogP contribution in [0.5, 0.6) is 0 Å². The number of ether oxygens (including phenoxy) is 2. The molecule has 0 bridgehead atoms. The molecule has 0 atom stereocenters. The molecule has 108 valence electrons. The van der Waals surface area contributed by atoms with Crippen LogP contribution in [0.3, 0.4) is 0 Å². The Morgan fingerprint density at radius 3 is 2.55 bits per heavy atom. The zero-order chi connectivity index (χ0) is 15.3. The summed E-state index contributed by atoms with van der Waals surface area (Å²) >= 11 is 3.14. The van der Waals surface area contributed by atoms with Crippen LogP contribution in [-0.4, -0.2) is 30.6 Å². The van der Waals surface area contributed by atoms with E-state index in [9.17, 15) is 19.7 Å². The second-order valence-electron chi connectivity index (χ2n) is 3.69. The maximum atomic E-state index is 11.7. The van der Waals surface area contributed by atoms with E-state index in [0.717, 1.165) is 6.07 Å². The van der Waals surface area contributed by atoms with Gasteiger partial charge in [0.25, 0.3) is 5.69 Å². The minimum Gasteiger partial charge on any atom is -0.469 e. The quantitative estimate of drug-likeness (QED) is 0.461. The van der Waals surface area contributed by atoms with Crippen LogP contribution in [0.25, 0.3) is 0 Å². The molecule has 0 saturated carbocycles. The number of esters is 2. The first kappa shape index (κ1) is 16.1. The van der Waals surface area contributed by atoms with Gasteiger partial charge in [0.2, 0.25) is 0 Å². The Bertz CT molecular complexity index is 557. The number of carbonyl (C=O) groups is 2. The largest absolute Gasteiger partial charge is 0.469 e. The van der Waals surface area contributed by atoms with Crippen molar-refractivity contribution in [1.29, 1.82) is 0 Å². The van der Waals surface area contributed by atoms with Crippen LogP contribution >= 0.6 is 15.9 Å². The molecule has 0 aliphatic rings. The first-order valence-corrected chi connectivity index (χ1v) is 6.40. The van der Waals surface area contributed by atoms with Crippen molar-refractivity contribution in [3.8, 4) is 0 Å². The zero-order valence-corrected chi connectivity index (χ0v) is 12.4. The number of nitrogens with zero attached hydrogens (tertiary/aromatic N) is 1. The Labute approximate surface area is 123 Å². The molecule has 1 aromatic carbocycles. The van der Waals surface area contributed by atoms with E-state index >= 15 is 0 Å². The molecule has 0 N–H and O–H groups in total. The summed E-state index contributed by atoms with van der Waals surface area (Å²) in [5, 5.41) is 11.0. The van der Waals surface area contributed by atoms with Gasteiger partial charge in [-0.2, -0.15) is 0 Å². The minimum absolute atomic E-state index is 0.0344. The summed E-state index contributed by atoms with van der Waals surface area (Å²) < 4.78 is 9.60. The third kappa shape index (κ3) is 3.77. The van der Waals surface area contributed by atoms with Crippen molar-refractivity contribution >= 4 is 33.6 Å². The molecule has 1 aromatic rings. The van der Waals surface area contributed by atoms with Crippen molar-refractivity contribution in [2.75, 3.05) is 13.7 Å². The van der Waals surface area contributed by atoms with Crippen LogP contribution in [-0.2, 0) is 20.7 Å². The van der Waals surface area contributed by atoms with Crippen molar-refractivity contribution in [3.05, 3.63) is 37.8 Å². The third-order valence-electron chi connectivity index (χ3n) is 2.42. The second kappa shape index (κ2) is 6.99. The summed E-state index contributed by atoms with van der Waals surface area (Å²) in [5.41, 5.74) is -0.143. The van der Waals surface area contributed by atoms with Gasteiger partial charge < -0.3 is 9.47 Å². The Hall–Kier alpha value is -1.96. The van der Waals surface area contributed by atoms with Crippen LogP contribution in [0.1, 0.15) is 22.8 Å². The molecule has 1 rings (SSSR count). The Balaban J connectivity index is 3.28. The average molecular weight is 346 g/mol. The molecule has 0 saturated heterocycles. The Morgan fingerprint density at radius 1 is 1.40 bits per heavy atom. The van der Waals surface area contributed by atoms with Crippen LogP contribution in [0.2, 0.25) is 0 Å². The molecule has 0 aromatic heterocycles. The molecule has 0 amide bonds. The lowest BCUT2D eigenvalue weighted by atomic mass is 10.1. The van der Waals surface area contributed by atoms with Crippen LogP contribution in [0, 0.1) is 10.1 Å². The highest BCUT2D eigenvalue weighted by Gasteiger charge is 2.23. The lowest BCUT2D eigenvalue weighted by Gasteiger charge is -2.07. The number of nitro benzene ring substituents is 1. The molecule has 0 aliphatic carbocycles. The van der Waals surface area contributed by atoms with Gasteiger partial charge >= 0.3 is 11.9 Å². The number of methoxy groups -OCH3 is 1. The highest BCUT2D eigenvalue weighted by molar-refractivity contribution is 9.10. The first-order chi connectivity index (χ1) is 9.40. The summed E-state index contributed by atoms with van der Waals surface area (Å²) in [6.45, 7) is 1.79. The first-order valence-electron chi connectivity index (χ1n) is 5.61. The van der Waals surface area contributed by atoms with Gasteiger partial charge in [0.1, 0.15) is 0 Å². The van der Waals surface area contributed by atoms with Gasteiger partial charge in [0, 0.05) is 16.1 Å². The van der Waals surface area contributed by atoms with Gasteiger partial charge in [0.05, 0.1) is 30.6 Å². The second-order valence-corrected chi connectivity index (χ2v) is 4.55. The highest BCUT2D eigenvalue weighted by Crippen LogP contribution is 2.28. The summed E-state index contributed by atoms with van der Waals surface area (Å²) in [4.78, 5) is 33.3. The predicted octanol–water partition coefficient (Wildman–Crippen LogP) is 2.25. The monoisotopic (exact) mass is 345 g/mol. The van der Waals surface area contributed by atoms with Crippen LogP contribution in [0.4, 0.5) is 5.69 Å². The standard InChI is InChI=1S/C12H12BrNO6/c1-3-20-12(16)8-6-10(14(17)18)7(4-9(8)13)5-11(15)19-2/h4,6H,3,5H2,1-2H3. The molecule has 0 spiro atoms. The van der Waals surface area contributed by atoms with Crippen molar-refractivity contribution in [2.45, 2.75) is 13.3 Å². The third-order valence-corrected chi connectivity index (χ3v) is 3.08. The van der Waals surface area contributed by atoms with E-state index < -0.39 is 16.9 Å². The number of carbonyl (C=O) groups excluding carboxylic acids is 2. The number of hydrogen-bond donors (Lipinski definition) is 0. The van der Waals surface area contributed by atoms with Gasteiger partial charge in [0.15, 0.2) is 0 Å². The summed E-state index contributed by atoms with van der Waals surface area (Å²) in [6, 6.07) is 2.43. The molecule has 0 heterocycles. The average Bonchev–Trinajstić information content (AvgIpc) is 2.38. The van der Waals surface area contributed by atoms with E-state index in [-0.39, 0.29) is 29.8 Å². The van der Waals surface area contributed by atoms with E-state index in [1.165, 1.54) is 13.2 Å². The molecule has 0 aliphatic heterocycles. The predicted molar refractivity (Wildman–Crippen MR) is 72.5 cm³/mol. The fourth-order valence-electron chi connectivity index (χ4n) is 1.51. The maximum absolute atomic E-state index is 11.7. The van der Waals surface area contributed by atoms with E-state index in [4.69, 9.17) is 4.74 Å². The summed E-state index contributed by atoms with van der Waals surface area (Å²) in [6.07, 6.45) is -0.255. The molecule has 0 unspecified atom stereocenters. The number of rotatable bonds is 5. The SMILES string of the molecule is CCOC(=O)c1cc([N+](=O)[O-])c(CC(=O)OC)cc1Br. The zero-order valence-electron chi connectivity index (χ0n) is 10.8. The van der Waals surface area contributed by atoms with Gasteiger partial charge in [-0.1, -0.05) is 0 Å². The topological polar surface area (TPSA) is 95.7 Å². The number of hydrogen-bond acceptors (Lipinski definition) is 6. The minimum atomic E-state index is -0.674. The molecular weight excluding hydrogens is 334 g/mol. The van der Waals surface area contributed by atoms with Crippen molar-refractivity contribution in [3.63, 3.8) is 0 Å². The van der Waals surface area contributed by atoms with Crippen LogP contribution in [0.15, 0.2) is 16.6 Å². The summed E-state index contributed by atoms with van der Waals surface area (Å²) in [5.74, 6) is -1.28. The van der Waals surface area contributed by atoms with Gasteiger partial charge in [-0.25, -0.2) is 4.79 Å². The normalized spacial score (nSPS) is 9.95. The summed E-state index contributed by atoms with van der Waals surface area (Å²) in [7, 11) is 1.19. The number of nitro groups is 1. The Morgan fingerprint density at radius 2 is 2.05 bits per heavy atom. The van der Waals surface area contributed by atoms with E-state index in [1.807, 2.05) is 0 Å². The Kier molecular flexibility index (Phi) is 5.63. The molecular formula is C12H12BrNO6. The molecule has 7 nitrogen and oxygen atoms in total. The molecule has 20 heavy (non-hydrogen) atoms. The van der Waals surface area contributed by atoms with E-state index in [1.54, 1.807) is 6.92 Å². The van der Waals surface area contributed by atoms with Gasteiger partial charge in [-0.15, -0.1) is 0 Å². The van der Waals surface area contributed by atoms with Gasteiger partial charge in [-0.05, 0) is 28.9 Å². The van der Waals surface area contributed by atoms with Crippen molar-refractivity contribution in [2.24, 2.45) is 0 Å². The maximum Gasteiger partial charge on any atom is 0.339 e. The molecule has 8 heteroatoms. The molecule has 0 fully saturated rings. The van der Waals surface area contributed by atoms with E-state index in [2.05, 4.69) is 20.7 Å². The lowest BCUT2D eigenvalue weighted by Crippen LogP contribution is -2.10. The fraction of sp³-hybridized carbons (Fsp3) is 0.333. The number of benzene rings is 1. The van der Waals surface area contributed by atoms with E-state index in [0.29, 0.717) is 4.47 Å². The van der Waals surface area contributed by atoms with Crippen LogP contribution < -0.4 is 0 Å². The fourth-order valence-corrected chi connectivity index (χ4v) is 2.06. The van der Waals surface area contributed by atoms with Crippen molar-refractivity contribution in [1.82, 2.24) is 0 Å². The smallest absolute Gasteiger partial charge is 0.339 e. The number of halogens is 1. The highest BCUT2D eigenvalue weighted by atomic mass is 79.9. The molecule has 0 radical (unpaired) electrons. The lowest BCUT2D eigenvalue weighted by molar-refractivity contribution is -0.385. The van der Waals surface area contributed by atoms with Crippen molar-refractivity contribution < 1.29 is 24.0 Å². The van der Waals surface area contributed by atoms with Gasteiger partial charge in [-0.3, -0.25) is 14.9 Å².